The highest BCUT2D eigenvalue weighted by molar-refractivity contribution is 6.32. The molecule has 0 saturated carbocycles. The van der Waals surface area contributed by atoms with Gasteiger partial charge in [-0.1, -0.05) is 48.0 Å². The molecule has 2 nitrogen and oxygen atoms in total. The van der Waals surface area contributed by atoms with Gasteiger partial charge in [0.2, 0.25) is 0 Å². The van der Waals surface area contributed by atoms with Crippen LogP contribution in [0.1, 0.15) is 22.8 Å². The van der Waals surface area contributed by atoms with E-state index in [2.05, 4.69) is 4.98 Å². The van der Waals surface area contributed by atoms with Crippen LogP contribution in [0.25, 0.3) is 10.8 Å². The van der Waals surface area contributed by atoms with E-state index in [1.807, 2.05) is 49.4 Å². The number of halogens is 1. The lowest BCUT2D eigenvalue weighted by molar-refractivity contribution is 0.222. The molecule has 3 heteroatoms. The van der Waals surface area contributed by atoms with Crippen LogP contribution in [0.2, 0.25) is 5.02 Å². The van der Waals surface area contributed by atoms with Gasteiger partial charge in [0.1, 0.15) is 6.10 Å². The minimum atomic E-state index is -0.754. The Bertz CT molecular complexity index is 765. The molecule has 1 heterocycles. The summed E-state index contributed by atoms with van der Waals surface area (Å²) in [4.78, 5) is 4.15. The molecule has 0 aliphatic heterocycles. The van der Waals surface area contributed by atoms with Crippen LogP contribution < -0.4 is 0 Å². The first kappa shape index (κ1) is 13.1. The maximum atomic E-state index is 10.7. The Morgan fingerprint density at radius 3 is 2.65 bits per heavy atom. The Morgan fingerprint density at radius 2 is 1.80 bits per heavy atom. The highest BCUT2D eigenvalue weighted by Crippen LogP contribution is 2.33. The van der Waals surface area contributed by atoms with Crippen molar-refractivity contribution in [3.63, 3.8) is 0 Å². The average molecular weight is 284 g/mol. The summed E-state index contributed by atoms with van der Waals surface area (Å²) in [5, 5.41) is 13.3. The summed E-state index contributed by atoms with van der Waals surface area (Å²) < 4.78 is 0. The second kappa shape index (κ2) is 5.23. The van der Waals surface area contributed by atoms with E-state index in [1.54, 1.807) is 12.4 Å². The number of nitrogens with zero attached hydrogens (tertiary/aromatic N) is 1. The maximum Gasteiger partial charge on any atom is 0.106 e. The van der Waals surface area contributed by atoms with Crippen molar-refractivity contribution in [1.29, 1.82) is 0 Å². The number of fused-ring (bicyclic) bond motifs is 1. The molecular weight excluding hydrogens is 270 g/mol. The standard InChI is InChI=1S/C17H14ClNO/c1-11-4-2-7-14(16(11)18)17(20)13-6-3-5-12-8-9-19-10-15(12)13/h2-10,17,20H,1H3. The topological polar surface area (TPSA) is 33.1 Å². The number of aliphatic hydroxyl groups is 1. The summed E-state index contributed by atoms with van der Waals surface area (Å²) in [7, 11) is 0. The maximum absolute atomic E-state index is 10.7. The molecule has 0 amide bonds. The number of aryl methyl sites for hydroxylation is 1. The molecule has 100 valence electrons. The van der Waals surface area contributed by atoms with Gasteiger partial charge in [-0.3, -0.25) is 4.98 Å². The smallest absolute Gasteiger partial charge is 0.106 e. The molecule has 1 aromatic heterocycles. The first-order valence-corrected chi connectivity index (χ1v) is 6.82. The van der Waals surface area contributed by atoms with E-state index in [0.717, 1.165) is 27.5 Å². The lowest BCUT2D eigenvalue weighted by Gasteiger charge is -2.16. The molecule has 0 aliphatic carbocycles. The normalized spacial score (nSPS) is 12.6. The lowest BCUT2D eigenvalue weighted by Crippen LogP contribution is -2.02. The summed E-state index contributed by atoms with van der Waals surface area (Å²) in [5.41, 5.74) is 2.51. The van der Waals surface area contributed by atoms with Crippen molar-refractivity contribution >= 4 is 22.4 Å². The van der Waals surface area contributed by atoms with E-state index in [4.69, 9.17) is 11.6 Å². The molecule has 1 N–H and O–H groups in total. The molecule has 3 aromatic rings. The van der Waals surface area contributed by atoms with E-state index < -0.39 is 6.10 Å². The van der Waals surface area contributed by atoms with Gasteiger partial charge in [-0.05, 0) is 29.5 Å². The van der Waals surface area contributed by atoms with Gasteiger partial charge in [0.05, 0.1) is 0 Å². The van der Waals surface area contributed by atoms with E-state index in [1.165, 1.54) is 0 Å². The molecule has 3 rings (SSSR count). The van der Waals surface area contributed by atoms with Crippen molar-refractivity contribution in [2.75, 3.05) is 0 Å². The Hall–Kier alpha value is -1.90. The van der Waals surface area contributed by atoms with Crippen LogP contribution in [-0.2, 0) is 0 Å². The monoisotopic (exact) mass is 283 g/mol. The zero-order chi connectivity index (χ0) is 14.1. The number of hydrogen-bond donors (Lipinski definition) is 1. The first-order valence-electron chi connectivity index (χ1n) is 6.44. The van der Waals surface area contributed by atoms with Gasteiger partial charge in [-0.25, -0.2) is 0 Å². The van der Waals surface area contributed by atoms with Crippen LogP contribution in [-0.4, -0.2) is 10.1 Å². The van der Waals surface area contributed by atoms with Crippen LogP contribution in [0.4, 0.5) is 0 Å². The lowest BCUT2D eigenvalue weighted by atomic mass is 9.96. The zero-order valence-electron chi connectivity index (χ0n) is 11.0. The summed E-state index contributed by atoms with van der Waals surface area (Å²) in [6, 6.07) is 13.5. The molecule has 0 spiro atoms. The molecule has 0 saturated heterocycles. The minimum absolute atomic E-state index is 0.612. The molecule has 0 radical (unpaired) electrons. The minimum Gasteiger partial charge on any atom is -0.384 e. The summed E-state index contributed by atoms with van der Waals surface area (Å²) in [6.07, 6.45) is 2.77. The van der Waals surface area contributed by atoms with Crippen molar-refractivity contribution in [1.82, 2.24) is 4.98 Å². The second-order valence-electron chi connectivity index (χ2n) is 4.82. The number of pyridine rings is 1. The molecular formula is C17H14ClNO. The fraction of sp³-hybridized carbons (Fsp3) is 0.118. The van der Waals surface area contributed by atoms with Crippen molar-refractivity contribution in [2.24, 2.45) is 0 Å². The SMILES string of the molecule is Cc1cccc(C(O)c2cccc3ccncc23)c1Cl. The van der Waals surface area contributed by atoms with Gasteiger partial charge in [0, 0.05) is 28.4 Å². The van der Waals surface area contributed by atoms with Crippen molar-refractivity contribution in [3.05, 3.63) is 76.6 Å². The number of hydrogen-bond acceptors (Lipinski definition) is 2. The third kappa shape index (κ3) is 2.17. The largest absolute Gasteiger partial charge is 0.384 e. The Labute approximate surface area is 122 Å². The number of benzene rings is 2. The molecule has 20 heavy (non-hydrogen) atoms. The first-order chi connectivity index (χ1) is 9.68. The fourth-order valence-electron chi connectivity index (χ4n) is 2.42. The van der Waals surface area contributed by atoms with Gasteiger partial charge in [0.25, 0.3) is 0 Å². The second-order valence-corrected chi connectivity index (χ2v) is 5.20. The van der Waals surface area contributed by atoms with Gasteiger partial charge in [0.15, 0.2) is 0 Å². The predicted octanol–water partition coefficient (Wildman–Crippen LogP) is 4.28. The van der Waals surface area contributed by atoms with E-state index in [-0.39, 0.29) is 0 Å². The summed E-state index contributed by atoms with van der Waals surface area (Å²) in [6.45, 7) is 1.93. The van der Waals surface area contributed by atoms with Crippen LogP contribution in [0, 0.1) is 6.92 Å². The highest BCUT2D eigenvalue weighted by atomic mass is 35.5. The van der Waals surface area contributed by atoms with Crippen molar-refractivity contribution < 1.29 is 5.11 Å². The number of aliphatic hydroxyl groups excluding tert-OH is 1. The Kier molecular flexibility index (Phi) is 3.43. The predicted molar refractivity (Wildman–Crippen MR) is 82.0 cm³/mol. The molecule has 0 fully saturated rings. The van der Waals surface area contributed by atoms with Crippen LogP contribution in [0.15, 0.2) is 54.9 Å². The number of rotatable bonds is 2. The highest BCUT2D eigenvalue weighted by Gasteiger charge is 2.17. The molecule has 1 atom stereocenters. The molecule has 1 unspecified atom stereocenters. The number of aromatic nitrogens is 1. The third-order valence-corrected chi connectivity index (χ3v) is 4.04. The molecule has 2 aromatic carbocycles. The average Bonchev–Trinajstić information content (AvgIpc) is 2.49. The van der Waals surface area contributed by atoms with Gasteiger partial charge < -0.3 is 5.11 Å². The quantitative estimate of drug-likeness (QED) is 0.761. The third-order valence-electron chi connectivity index (χ3n) is 3.53. The van der Waals surface area contributed by atoms with Crippen LogP contribution in [0.3, 0.4) is 0 Å². The van der Waals surface area contributed by atoms with E-state index >= 15 is 0 Å². The Balaban J connectivity index is 2.18. The fourth-order valence-corrected chi connectivity index (χ4v) is 2.65. The van der Waals surface area contributed by atoms with Gasteiger partial charge in [-0.15, -0.1) is 0 Å². The van der Waals surface area contributed by atoms with Crippen molar-refractivity contribution in [3.8, 4) is 0 Å². The van der Waals surface area contributed by atoms with E-state index in [0.29, 0.717) is 5.02 Å². The molecule has 0 aliphatic rings. The van der Waals surface area contributed by atoms with Crippen LogP contribution >= 0.6 is 11.6 Å². The van der Waals surface area contributed by atoms with Crippen LogP contribution in [0.5, 0.6) is 0 Å². The molecule has 0 bridgehead atoms. The van der Waals surface area contributed by atoms with E-state index in [9.17, 15) is 5.11 Å². The zero-order valence-corrected chi connectivity index (χ0v) is 11.8. The Morgan fingerprint density at radius 1 is 1.05 bits per heavy atom. The summed E-state index contributed by atoms with van der Waals surface area (Å²) in [5.74, 6) is 0. The van der Waals surface area contributed by atoms with Gasteiger partial charge >= 0.3 is 0 Å². The van der Waals surface area contributed by atoms with Gasteiger partial charge in [-0.2, -0.15) is 0 Å². The summed E-state index contributed by atoms with van der Waals surface area (Å²) >= 11 is 6.31. The van der Waals surface area contributed by atoms with Crippen molar-refractivity contribution in [2.45, 2.75) is 13.0 Å².